The molecule has 0 atom stereocenters. The summed E-state index contributed by atoms with van der Waals surface area (Å²) in [7, 11) is 0. The smallest absolute Gasteiger partial charge is 0.256 e. The maximum atomic E-state index is 13.1. The molecule has 0 spiro atoms. The number of nitrogens with zero attached hydrogens (tertiary/aromatic N) is 2. The topological polar surface area (TPSA) is 75.4 Å². The van der Waals surface area contributed by atoms with E-state index in [0.29, 0.717) is 34.0 Å². The van der Waals surface area contributed by atoms with Gasteiger partial charge in [0.15, 0.2) is 5.76 Å². The van der Waals surface area contributed by atoms with Gasteiger partial charge in [0.25, 0.3) is 11.8 Å². The molecular formula is C27H23N3O3. The first-order valence-corrected chi connectivity index (χ1v) is 11.0. The number of carbonyl (C=O) groups is 2. The third kappa shape index (κ3) is 4.41. The maximum absolute atomic E-state index is 13.1. The highest BCUT2D eigenvalue weighted by Crippen LogP contribution is 2.28. The van der Waals surface area contributed by atoms with E-state index < -0.39 is 0 Å². The minimum absolute atomic E-state index is 0.0360. The van der Waals surface area contributed by atoms with Crippen LogP contribution in [-0.2, 0) is 0 Å². The van der Waals surface area contributed by atoms with Gasteiger partial charge in [-0.25, -0.2) is 4.98 Å². The standard InChI is InChI=1S/C27H23N3O3/c31-25(29-21-14-12-20(13-15-21)27(32)30-16-6-7-17-30)22-10-4-5-11-23(22)26-28-18-24(33-26)19-8-2-1-3-9-19/h1-5,8-15,18H,6-7,16-17H2,(H,29,31). The van der Waals surface area contributed by atoms with Crippen molar-refractivity contribution in [2.75, 3.05) is 18.4 Å². The summed E-state index contributed by atoms with van der Waals surface area (Å²) in [6, 6.07) is 23.9. The molecule has 0 radical (unpaired) electrons. The van der Waals surface area contributed by atoms with Crippen molar-refractivity contribution in [1.29, 1.82) is 0 Å². The van der Waals surface area contributed by atoms with Crippen LogP contribution in [0, 0.1) is 0 Å². The molecule has 3 aromatic carbocycles. The van der Waals surface area contributed by atoms with Gasteiger partial charge < -0.3 is 14.6 Å². The molecule has 0 bridgehead atoms. The van der Waals surface area contributed by atoms with Crippen LogP contribution in [0.1, 0.15) is 33.6 Å². The third-order valence-electron chi connectivity index (χ3n) is 5.75. The Morgan fingerprint density at radius 3 is 2.30 bits per heavy atom. The second kappa shape index (κ2) is 9.12. The molecule has 0 unspecified atom stereocenters. The monoisotopic (exact) mass is 437 g/mol. The lowest BCUT2D eigenvalue weighted by molar-refractivity contribution is 0.0792. The molecule has 33 heavy (non-hydrogen) atoms. The molecule has 1 aliphatic rings. The molecule has 6 nitrogen and oxygen atoms in total. The predicted molar refractivity (Wildman–Crippen MR) is 127 cm³/mol. The average Bonchev–Trinajstić information content (AvgIpc) is 3.57. The zero-order chi connectivity index (χ0) is 22.6. The van der Waals surface area contributed by atoms with Gasteiger partial charge in [0.2, 0.25) is 5.89 Å². The number of aromatic nitrogens is 1. The number of amides is 2. The molecule has 164 valence electrons. The molecule has 2 heterocycles. The summed E-state index contributed by atoms with van der Waals surface area (Å²) < 4.78 is 5.95. The van der Waals surface area contributed by atoms with Crippen molar-refractivity contribution in [1.82, 2.24) is 9.88 Å². The van der Waals surface area contributed by atoms with E-state index in [0.717, 1.165) is 31.5 Å². The number of hydrogen-bond donors (Lipinski definition) is 1. The average molecular weight is 437 g/mol. The third-order valence-corrected chi connectivity index (χ3v) is 5.75. The summed E-state index contributed by atoms with van der Waals surface area (Å²) >= 11 is 0. The zero-order valence-electron chi connectivity index (χ0n) is 18.0. The van der Waals surface area contributed by atoms with Crippen molar-refractivity contribution in [3.05, 3.63) is 96.2 Å². The Bertz CT molecular complexity index is 1270. The lowest BCUT2D eigenvalue weighted by Crippen LogP contribution is -2.27. The molecule has 1 saturated heterocycles. The van der Waals surface area contributed by atoms with Gasteiger partial charge in [0.05, 0.1) is 11.8 Å². The van der Waals surface area contributed by atoms with Crippen LogP contribution in [0.25, 0.3) is 22.8 Å². The lowest BCUT2D eigenvalue weighted by Gasteiger charge is -2.15. The van der Waals surface area contributed by atoms with Crippen LogP contribution in [0.15, 0.2) is 89.5 Å². The lowest BCUT2D eigenvalue weighted by atomic mass is 10.1. The minimum Gasteiger partial charge on any atom is -0.436 e. The van der Waals surface area contributed by atoms with E-state index in [1.165, 1.54) is 0 Å². The Kier molecular flexibility index (Phi) is 5.72. The van der Waals surface area contributed by atoms with E-state index in [1.807, 2.05) is 47.4 Å². The first-order chi connectivity index (χ1) is 16.2. The number of benzene rings is 3. The summed E-state index contributed by atoms with van der Waals surface area (Å²) in [6.45, 7) is 1.61. The number of anilines is 1. The van der Waals surface area contributed by atoms with Crippen LogP contribution >= 0.6 is 0 Å². The Morgan fingerprint density at radius 2 is 1.55 bits per heavy atom. The predicted octanol–water partition coefficient (Wildman–Crippen LogP) is 5.50. The molecule has 6 heteroatoms. The Balaban J connectivity index is 1.34. The number of oxazole rings is 1. The molecule has 1 fully saturated rings. The summed E-state index contributed by atoms with van der Waals surface area (Å²) in [5.41, 5.74) is 3.23. The summed E-state index contributed by atoms with van der Waals surface area (Å²) in [4.78, 5) is 31.8. The van der Waals surface area contributed by atoms with Gasteiger partial charge in [0, 0.05) is 35.5 Å². The van der Waals surface area contributed by atoms with Gasteiger partial charge in [-0.05, 0) is 49.2 Å². The zero-order valence-corrected chi connectivity index (χ0v) is 18.0. The van der Waals surface area contributed by atoms with Crippen molar-refractivity contribution in [2.24, 2.45) is 0 Å². The van der Waals surface area contributed by atoms with E-state index in [2.05, 4.69) is 10.3 Å². The van der Waals surface area contributed by atoms with Crippen LogP contribution in [0.4, 0.5) is 5.69 Å². The van der Waals surface area contributed by atoms with Crippen molar-refractivity contribution in [3.8, 4) is 22.8 Å². The Morgan fingerprint density at radius 1 is 0.848 bits per heavy atom. The summed E-state index contributed by atoms with van der Waals surface area (Å²) in [5, 5.41) is 2.91. The Hall–Kier alpha value is -4.19. The van der Waals surface area contributed by atoms with E-state index >= 15 is 0 Å². The van der Waals surface area contributed by atoms with E-state index in [-0.39, 0.29) is 11.8 Å². The number of nitrogens with one attached hydrogen (secondary N) is 1. The highest BCUT2D eigenvalue weighted by molar-refractivity contribution is 6.08. The number of likely N-dealkylation sites (tertiary alicyclic amines) is 1. The summed E-state index contributed by atoms with van der Waals surface area (Å²) in [5.74, 6) is 0.780. The fraction of sp³-hybridized carbons (Fsp3) is 0.148. The van der Waals surface area contributed by atoms with Crippen LogP contribution in [0.5, 0.6) is 0 Å². The van der Waals surface area contributed by atoms with Crippen molar-refractivity contribution in [3.63, 3.8) is 0 Å². The van der Waals surface area contributed by atoms with Crippen molar-refractivity contribution < 1.29 is 14.0 Å². The van der Waals surface area contributed by atoms with Gasteiger partial charge in [-0.2, -0.15) is 0 Å². The molecular weight excluding hydrogens is 414 g/mol. The van der Waals surface area contributed by atoms with Crippen molar-refractivity contribution in [2.45, 2.75) is 12.8 Å². The fourth-order valence-electron chi connectivity index (χ4n) is 4.00. The normalized spacial score (nSPS) is 13.2. The van der Waals surface area contributed by atoms with Gasteiger partial charge in [-0.3, -0.25) is 9.59 Å². The molecule has 1 N–H and O–H groups in total. The first kappa shape index (κ1) is 20.7. The highest BCUT2D eigenvalue weighted by Gasteiger charge is 2.20. The molecule has 5 rings (SSSR count). The van der Waals surface area contributed by atoms with E-state index in [1.54, 1.807) is 42.6 Å². The van der Waals surface area contributed by atoms with Gasteiger partial charge in [-0.15, -0.1) is 0 Å². The first-order valence-electron chi connectivity index (χ1n) is 11.0. The minimum atomic E-state index is -0.274. The van der Waals surface area contributed by atoms with Crippen molar-refractivity contribution >= 4 is 17.5 Å². The van der Waals surface area contributed by atoms with Crippen LogP contribution in [-0.4, -0.2) is 34.8 Å². The molecule has 0 saturated carbocycles. The molecule has 4 aromatic rings. The maximum Gasteiger partial charge on any atom is 0.256 e. The number of carbonyl (C=O) groups excluding carboxylic acids is 2. The van der Waals surface area contributed by atoms with Crippen LogP contribution < -0.4 is 5.32 Å². The molecule has 0 aliphatic carbocycles. The summed E-state index contributed by atoms with van der Waals surface area (Å²) in [6.07, 6.45) is 3.77. The van der Waals surface area contributed by atoms with E-state index in [9.17, 15) is 9.59 Å². The van der Waals surface area contributed by atoms with Gasteiger partial charge >= 0.3 is 0 Å². The second-order valence-corrected chi connectivity index (χ2v) is 7.97. The molecule has 1 aliphatic heterocycles. The quantitative estimate of drug-likeness (QED) is 0.448. The number of hydrogen-bond acceptors (Lipinski definition) is 4. The Labute approximate surface area is 191 Å². The van der Waals surface area contributed by atoms with Gasteiger partial charge in [0.1, 0.15) is 0 Å². The highest BCUT2D eigenvalue weighted by atomic mass is 16.4. The molecule has 1 aromatic heterocycles. The largest absolute Gasteiger partial charge is 0.436 e. The fourth-order valence-corrected chi connectivity index (χ4v) is 4.00. The molecule has 2 amide bonds. The SMILES string of the molecule is O=C(Nc1ccc(C(=O)N2CCCC2)cc1)c1ccccc1-c1ncc(-c2ccccc2)o1. The second-order valence-electron chi connectivity index (χ2n) is 7.97. The van der Waals surface area contributed by atoms with Crippen LogP contribution in [0.3, 0.4) is 0 Å². The van der Waals surface area contributed by atoms with E-state index in [4.69, 9.17) is 4.42 Å². The van der Waals surface area contributed by atoms with Crippen LogP contribution in [0.2, 0.25) is 0 Å². The number of rotatable bonds is 5. The van der Waals surface area contributed by atoms with Gasteiger partial charge in [-0.1, -0.05) is 42.5 Å².